The molecular weight excluding hydrogens is 264 g/mol. The summed E-state index contributed by atoms with van der Waals surface area (Å²) in [4.78, 5) is 18.0. The molecule has 0 aliphatic carbocycles. The number of aromatic amines is 1. The quantitative estimate of drug-likeness (QED) is 0.888. The minimum atomic E-state index is -0.223. The van der Waals surface area contributed by atoms with Crippen molar-refractivity contribution in [2.45, 2.75) is 50.3 Å². The first kappa shape index (κ1) is 12.9. The Bertz CT molecular complexity index is 664. The molecule has 2 unspecified atom stereocenters. The molecule has 21 heavy (non-hydrogen) atoms. The van der Waals surface area contributed by atoms with E-state index in [1.165, 1.54) is 0 Å². The maximum absolute atomic E-state index is 12.7. The Morgan fingerprint density at radius 3 is 2.71 bits per heavy atom. The van der Waals surface area contributed by atoms with Gasteiger partial charge < -0.3 is 15.0 Å². The molecule has 2 fully saturated rings. The van der Waals surface area contributed by atoms with E-state index < -0.39 is 0 Å². The number of carbonyl (C=O) groups excluding carboxylic acids is 1. The number of amides is 1. The number of benzene rings is 1. The van der Waals surface area contributed by atoms with Gasteiger partial charge in [0.25, 0.3) is 0 Å². The summed E-state index contributed by atoms with van der Waals surface area (Å²) in [5, 5.41) is 11.0. The number of fused-ring (bicyclic) bond motifs is 3. The van der Waals surface area contributed by atoms with Crippen molar-refractivity contribution in [1.82, 2.24) is 9.88 Å². The third kappa shape index (κ3) is 2.14. The van der Waals surface area contributed by atoms with Crippen LogP contribution in [0.2, 0.25) is 0 Å². The normalized spacial score (nSPS) is 28.2. The molecule has 1 aromatic heterocycles. The number of aliphatic hydroxyl groups is 1. The van der Waals surface area contributed by atoms with Crippen LogP contribution >= 0.6 is 0 Å². The molecule has 1 amide bonds. The van der Waals surface area contributed by atoms with Crippen molar-refractivity contribution in [1.29, 1.82) is 0 Å². The topological polar surface area (TPSA) is 56.3 Å². The maximum Gasteiger partial charge on any atom is 0.227 e. The summed E-state index contributed by atoms with van der Waals surface area (Å²) in [6.45, 7) is 0. The van der Waals surface area contributed by atoms with Gasteiger partial charge in [-0.3, -0.25) is 4.79 Å². The fourth-order valence-electron chi connectivity index (χ4n) is 4.09. The highest BCUT2D eigenvalue weighted by Gasteiger charge is 2.42. The van der Waals surface area contributed by atoms with E-state index in [1.807, 2.05) is 24.4 Å². The minimum absolute atomic E-state index is 0.208. The van der Waals surface area contributed by atoms with Crippen LogP contribution in [0, 0.1) is 0 Å². The van der Waals surface area contributed by atoms with Crippen molar-refractivity contribution in [3.05, 3.63) is 36.0 Å². The predicted molar refractivity (Wildman–Crippen MR) is 80.9 cm³/mol. The lowest BCUT2D eigenvalue weighted by atomic mass is 9.98. The molecule has 4 nitrogen and oxygen atoms in total. The van der Waals surface area contributed by atoms with Gasteiger partial charge in [0.2, 0.25) is 5.91 Å². The van der Waals surface area contributed by atoms with E-state index in [0.29, 0.717) is 6.42 Å². The van der Waals surface area contributed by atoms with E-state index in [1.54, 1.807) is 0 Å². The van der Waals surface area contributed by atoms with Gasteiger partial charge in [0.15, 0.2) is 0 Å². The van der Waals surface area contributed by atoms with Crippen LogP contribution in [0.15, 0.2) is 30.5 Å². The maximum atomic E-state index is 12.7. The van der Waals surface area contributed by atoms with Gasteiger partial charge in [-0.05, 0) is 37.3 Å². The fourth-order valence-corrected chi connectivity index (χ4v) is 4.09. The van der Waals surface area contributed by atoms with E-state index in [-0.39, 0.29) is 24.1 Å². The number of nitrogens with zero attached hydrogens (tertiary/aromatic N) is 1. The van der Waals surface area contributed by atoms with Crippen LogP contribution in [0.25, 0.3) is 10.9 Å². The van der Waals surface area contributed by atoms with Crippen molar-refractivity contribution in [3.63, 3.8) is 0 Å². The lowest BCUT2D eigenvalue weighted by molar-refractivity contribution is -0.136. The molecule has 0 spiro atoms. The van der Waals surface area contributed by atoms with Gasteiger partial charge in [-0.1, -0.05) is 18.2 Å². The number of H-pyrrole nitrogens is 1. The van der Waals surface area contributed by atoms with Crippen molar-refractivity contribution in [3.8, 4) is 0 Å². The molecule has 2 aromatic rings. The third-order valence-corrected chi connectivity index (χ3v) is 5.01. The SMILES string of the molecule is O=C(Cc1c[nH]c2ccccc12)N1C2CCC1CC(O)C2. The average Bonchev–Trinajstić information content (AvgIpc) is 2.99. The van der Waals surface area contributed by atoms with Crippen LogP contribution in [0.3, 0.4) is 0 Å². The van der Waals surface area contributed by atoms with E-state index in [2.05, 4.69) is 16.0 Å². The summed E-state index contributed by atoms with van der Waals surface area (Å²) >= 11 is 0. The Hall–Kier alpha value is -1.81. The summed E-state index contributed by atoms with van der Waals surface area (Å²) in [5.41, 5.74) is 2.15. The van der Waals surface area contributed by atoms with Gasteiger partial charge >= 0.3 is 0 Å². The molecule has 2 aliphatic heterocycles. The van der Waals surface area contributed by atoms with Crippen LogP contribution in [0.1, 0.15) is 31.2 Å². The number of piperidine rings is 1. The van der Waals surface area contributed by atoms with Crippen LogP contribution in [0.5, 0.6) is 0 Å². The number of nitrogens with one attached hydrogen (secondary N) is 1. The van der Waals surface area contributed by atoms with E-state index in [4.69, 9.17) is 0 Å². The van der Waals surface area contributed by atoms with E-state index in [0.717, 1.165) is 42.1 Å². The Morgan fingerprint density at radius 2 is 1.95 bits per heavy atom. The second kappa shape index (κ2) is 4.88. The molecule has 3 heterocycles. The Kier molecular flexibility index (Phi) is 3.00. The van der Waals surface area contributed by atoms with Crippen molar-refractivity contribution in [2.75, 3.05) is 0 Å². The lowest BCUT2D eigenvalue weighted by Gasteiger charge is -2.37. The molecule has 2 bridgehead atoms. The van der Waals surface area contributed by atoms with Gasteiger partial charge in [-0.2, -0.15) is 0 Å². The molecule has 4 heteroatoms. The summed E-state index contributed by atoms with van der Waals surface area (Å²) in [5.74, 6) is 0.208. The number of aliphatic hydroxyl groups excluding tert-OH is 1. The molecule has 0 saturated carbocycles. The number of hydrogen-bond acceptors (Lipinski definition) is 2. The Morgan fingerprint density at radius 1 is 1.24 bits per heavy atom. The highest BCUT2D eigenvalue weighted by atomic mass is 16.3. The van der Waals surface area contributed by atoms with Crippen molar-refractivity contribution < 1.29 is 9.90 Å². The number of hydrogen-bond donors (Lipinski definition) is 2. The number of para-hydroxylation sites is 1. The molecule has 1 aromatic carbocycles. The fraction of sp³-hybridized carbons (Fsp3) is 0.471. The zero-order valence-electron chi connectivity index (χ0n) is 12.0. The van der Waals surface area contributed by atoms with Gasteiger partial charge in [0, 0.05) is 29.2 Å². The molecule has 2 aliphatic rings. The van der Waals surface area contributed by atoms with Crippen molar-refractivity contribution in [2.24, 2.45) is 0 Å². The zero-order chi connectivity index (χ0) is 14.4. The first-order valence-electron chi connectivity index (χ1n) is 7.76. The largest absolute Gasteiger partial charge is 0.393 e. The monoisotopic (exact) mass is 284 g/mol. The summed E-state index contributed by atoms with van der Waals surface area (Å²) in [6, 6.07) is 8.59. The molecule has 2 N–H and O–H groups in total. The third-order valence-electron chi connectivity index (χ3n) is 5.01. The summed E-state index contributed by atoms with van der Waals surface area (Å²) < 4.78 is 0. The number of carbonyl (C=O) groups is 1. The molecule has 4 rings (SSSR count). The van der Waals surface area contributed by atoms with Crippen LogP contribution in [0.4, 0.5) is 0 Å². The molecule has 2 atom stereocenters. The first-order chi connectivity index (χ1) is 10.2. The molecule has 0 radical (unpaired) electrons. The first-order valence-corrected chi connectivity index (χ1v) is 7.76. The van der Waals surface area contributed by atoms with Crippen LogP contribution in [-0.2, 0) is 11.2 Å². The summed E-state index contributed by atoms with van der Waals surface area (Å²) in [6.07, 6.45) is 5.75. The average molecular weight is 284 g/mol. The molecular formula is C17H20N2O2. The second-order valence-electron chi connectivity index (χ2n) is 6.35. The van der Waals surface area contributed by atoms with Gasteiger partial charge in [-0.15, -0.1) is 0 Å². The van der Waals surface area contributed by atoms with Gasteiger partial charge in [-0.25, -0.2) is 0 Å². The Balaban J connectivity index is 1.56. The highest BCUT2D eigenvalue weighted by molar-refractivity contribution is 5.89. The predicted octanol–water partition coefficient (Wildman–Crippen LogP) is 2.22. The number of aromatic nitrogens is 1. The lowest BCUT2D eigenvalue weighted by Crippen LogP contribution is -2.48. The Labute approximate surface area is 123 Å². The van der Waals surface area contributed by atoms with E-state index in [9.17, 15) is 9.90 Å². The second-order valence-corrected chi connectivity index (χ2v) is 6.35. The highest BCUT2D eigenvalue weighted by Crippen LogP contribution is 2.36. The van der Waals surface area contributed by atoms with Gasteiger partial charge in [0.05, 0.1) is 12.5 Å². The minimum Gasteiger partial charge on any atom is -0.393 e. The smallest absolute Gasteiger partial charge is 0.227 e. The van der Waals surface area contributed by atoms with E-state index >= 15 is 0 Å². The van der Waals surface area contributed by atoms with Crippen LogP contribution < -0.4 is 0 Å². The van der Waals surface area contributed by atoms with Gasteiger partial charge in [0.1, 0.15) is 0 Å². The number of rotatable bonds is 2. The standard InChI is InChI=1S/C17H20N2O2/c20-14-8-12-5-6-13(9-14)19(12)17(21)7-11-10-18-16-4-2-1-3-15(11)16/h1-4,10,12-14,18,20H,5-9H2. The summed E-state index contributed by atoms with van der Waals surface area (Å²) in [7, 11) is 0. The zero-order valence-corrected chi connectivity index (χ0v) is 12.0. The van der Waals surface area contributed by atoms with Crippen LogP contribution in [-0.4, -0.2) is 39.1 Å². The molecule has 2 saturated heterocycles. The molecule has 110 valence electrons. The van der Waals surface area contributed by atoms with Crippen molar-refractivity contribution >= 4 is 16.8 Å².